The van der Waals surface area contributed by atoms with Crippen LogP contribution in [0.25, 0.3) is 0 Å². The summed E-state index contributed by atoms with van der Waals surface area (Å²) >= 11 is 0. The fourth-order valence-corrected chi connectivity index (χ4v) is 3.54. The van der Waals surface area contributed by atoms with Gasteiger partial charge in [0, 0.05) is 42.9 Å². The van der Waals surface area contributed by atoms with Crippen LogP contribution in [0.3, 0.4) is 0 Å². The molecule has 1 heterocycles. The van der Waals surface area contributed by atoms with Crippen molar-refractivity contribution in [3.8, 4) is 6.07 Å². The Labute approximate surface area is 166 Å². The third-order valence-corrected chi connectivity index (χ3v) is 5.09. The Kier molecular flexibility index (Phi) is 6.33. The molecule has 0 aromatic heterocycles. The van der Waals surface area contributed by atoms with Crippen molar-refractivity contribution in [3.63, 3.8) is 0 Å². The molecule has 0 saturated carbocycles. The van der Waals surface area contributed by atoms with Gasteiger partial charge in [-0.2, -0.15) is 5.26 Å². The first kappa shape index (κ1) is 19.5. The van der Waals surface area contributed by atoms with E-state index in [1.54, 1.807) is 4.90 Å². The number of anilines is 3. The molecular formula is C23H26N4O. The highest BCUT2D eigenvalue weighted by Gasteiger charge is 2.24. The predicted octanol–water partition coefficient (Wildman–Crippen LogP) is 4.33. The molecule has 1 aliphatic heterocycles. The molecule has 1 N–H and O–H groups in total. The molecule has 0 spiro atoms. The fraction of sp³-hybridized carbons (Fsp3) is 0.304. The second kappa shape index (κ2) is 9.09. The van der Waals surface area contributed by atoms with Crippen LogP contribution in [0.4, 0.5) is 17.1 Å². The van der Waals surface area contributed by atoms with Crippen molar-refractivity contribution in [1.82, 2.24) is 0 Å². The van der Waals surface area contributed by atoms with Crippen LogP contribution in [-0.2, 0) is 11.2 Å². The minimum absolute atomic E-state index is 0.101. The minimum atomic E-state index is -0.262. The topological polar surface area (TPSA) is 59.4 Å². The molecule has 144 valence electrons. The van der Waals surface area contributed by atoms with Crippen molar-refractivity contribution in [2.24, 2.45) is 0 Å². The second-order valence-electron chi connectivity index (χ2n) is 6.72. The number of hydrogen-bond donors (Lipinski definition) is 1. The van der Waals surface area contributed by atoms with Crippen LogP contribution in [0.5, 0.6) is 0 Å². The van der Waals surface area contributed by atoms with Crippen LogP contribution in [-0.4, -0.2) is 25.5 Å². The van der Waals surface area contributed by atoms with Gasteiger partial charge in [0.2, 0.25) is 0 Å². The number of rotatable bonds is 6. The molecule has 0 saturated heterocycles. The maximum absolute atomic E-state index is 12.9. The highest BCUT2D eigenvalue weighted by atomic mass is 16.2. The number of nitrogens with one attached hydrogen (secondary N) is 1. The van der Waals surface area contributed by atoms with Gasteiger partial charge in [-0.3, -0.25) is 4.79 Å². The van der Waals surface area contributed by atoms with Gasteiger partial charge in [0.25, 0.3) is 5.91 Å². The van der Waals surface area contributed by atoms with Gasteiger partial charge in [-0.25, -0.2) is 0 Å². The van der Waals surface area contributed by atoms with Gasteiger partial charge in [-0.1, -0.05) is 18.2 Å². The van der Waals surface area contributed by atoms with Crippen molar-refractivity contribution in [2.75, 3.05) is 34.8 Å². The summed E-state index contributed by atoms with van der Waals surface area (Å²) in [6.07, 6.45) is 3.37. The zero-order chi connectivity index (χ0) is 19.9. The first-order valence-corrected chi connectivity index (χ1v) is 9.79. The van der Waals surface area contributed by atoms with Crippen LogP contribution >= 0.6 is 0 Å². The number of hydrogen-bond acceptors (Lipinski definition) is 4. The molecule has 28 heavy (non-hydrogen) atoms. The van der Waals surface area contributed by atoms with E-state index in [2.05, 4.69) is 24.1 Å². The quantitative estimate of drug-likeness (QED) is 0.604. The van der Waals surface area contributed by atoms with Gasteiger partial charge in [-0.15, -0.1) is 0 Å². The molecule has 1 amide bonds. The minimum Gasteiger partial charge on any atom is -0.372 e. The lowest BCUT2D eigenvalue weighted by atomic mass is 10.0. The second-order valence-corrected chi connectivity index (χ2v) is 6.72. The Balaban J connectivity index is 1.74. The van der Waals surface area contributed by atoms with Gasteiger partial charge < -0.3 is 15.1 Å². The van der Waals surface area contributed by atoms with Crippen LogP contribution in [0, 0.1) is 11.3 Å². The monoisotopic (exact) mass is 374 g/mol. The number of amides is 1. The first-order valence-electron chi connectivity index (χ1n) is 9.79. The summed E-state index contributed by atoms with van der Waals surface area (Å²) in [7, 11) is 0. The normalized spacial score (nSPS) is 13.5. The number of carbonyl (C=O) groups is 1. The smallest absolute Gasteiger partial charge is 0.270 e. The molecule has 0 fully saturated rings. The molecule has 3 rings (SSSR count). The van der Waals surface area contributed by atoms with Gasteiger partial charge in [0.1, 0.15) is 11.6 Å². The highest BCUT2D eigenvalue weighted by Crippen LogP contribution is 2.28. The molecular weight excluding hydrogens is 348 g/mol. The van der Waals surface area contributed by atoms with Gasteiger partial charge >= 0.3 is 0 Å². The average molecular weight is 374 g/mol. The number of nitrogens with zero attached hydrogens (tertiary/aromatic N) is 3. The lowest BCUT2D eigenvalue weighted by molar-refractivity contribution is -0.114. The van der Waals surface area contributed by atoms with Gasteiger partial charge in [-0.05, 0) is 62.6 Å². The Bertz CT molecular complexity index is 892. The van der Waals surface area contributed by atoms with E-state index in [4.69, 9.17) is 0 Å². The summed E-state index contributed by atoms with van der Waals surface area (Å²) in [5, 5.41) is 12.6. The Morgan fingerprint density at radius 1 is 1.18 bits per heavy atom. The van der Waals surface area contributed by atoms with E-state index >= 15 is 0 Å². The van der Waals surface area contributed by atoms with E-state index in [9.17, 15) is 10.1 Å². The van der Waals surface area contributed by atoms with Crippen LogP contribution in [0.15, 0.2) is 60.3 Å². The Morgan fingerprint density at radius 3 is 2.57 bits per heavy atom. The van der Waals surface area contributed by atoms with Gasteiger partial charge in [0.05, 0.1) is 0 Å². The van der Waals surface area contributed by atoms with E-state index in [1.807, 2.05) is 54.6 Å². The number of para-hydroxylation sites is 1. The van der Waals surface area contributed by atoms with Crippen LogP contribution in [0.1, 0.15) is 25.8 Å². The molecule has 0 bridgehead atoms. The third-order valence-electron chi connectivity index (χ3n) is 5.09. The average Bonchev–Trinajstić information content (AvgIpc) is 2.75. The van der Waals surface area contributed by atoms with E-state index < -0.39 is 0 Å². The summed E-state index contributed by atoms with van der Waals surface area (Å²) in [4.78, 5) is 16.9. The molecule has 0 unspecified atom stereocenters. The zero-order valence-electron chi connectivity index (χ0n) is 16.5. The maximum Gasteiger partial charge on any atom is 0.270 e. The lowest BCUT2D eigenvalue weighted by Crippen LogP contribution is -2.36. The SMILES string of the molecule is CCN(CC)c1ccc(N/C=C(/C#N)C(=O)N2CCCc3ccccc32)cc1. The molecule has 5 nitrogen and oxygen atoms in total. The molecule has 0 radical (unpaired) electrons. The highest BCUT2D eigenvalue weighted by molar-refractivity contribution is 6.09. The zero-order valence-corrected chi connectivity index (χ0v) is 16.5. The largest absolute Gasteiger partial charge is 0.372 e. The summed E-state index contributed by atoms with van der Waals surface area (Å²) in [5.41, 5.74) is 4.16. The Hall–Kier alpha value is -3.26. The van der Waals surface area contributed by atoms with E-state index in [1.165, 1.54) is 6.20 Å². The van der Waals surface area contributed by atoms with E-state index in [0.29, 0.717) is 6.54 Å². The summed E-state index contributed by atoms with van der Waals surface area (Å²) in [6.45, 7) is 6.79. The lowest BCUT2D eigenvalue weighted by Gasteiger charge is -2.29. The summed E-state index contributed by atoms with van der Waals surface area (Å²) < 4.78 is 0. The maximum atomic E-state index is 12.9. The molecule has 1 aliphatic rings. The standard InChI is InChI=1S/C23H26N4O/c1-3-26(4-2)21-13-11-20(12-14-21)25-17-19(16-24)23(28)27-15-7-9-18-8-5-6-10-22(18)27/h5-6,8,10-14,17,25H,3-4,7,9,15H2,1-2H3/b19-17-. The van der Waals surface area contributed by atoms with Crippen molar-refractivity contribution in [3.05, 3.63) is 65.9 Å². The summed E-state index contributed by atoms with van der Waals surface area (Å²) in [5.74, 6) is -0.262. The molecule has 2 aromatic rings. The van der Waals surface area contributed by atoms with Crippen molar-refractivity contribution in [1.29, 1.82) is 5.26 Å². The molecule has 2 aromatic carbocycles. The number of nitriles is 1. The fourth-order valence-electron chi connectivity index (χ4n) is 3.54. The number of fused-ring (bicyclic) bond motifs is 1. The van der Waals surface area contributed by atoms with Gasteiger partial charge in [0.15, 0.2) is 0 Å². The Morgan fingerprint density at radius 2 is 1.89 bits per heavy atom. The third kappa shape index (κ3) is 4.17. The van der Waals surface area contributed by atoms with Crippen molar-refractivity contribution >= 4 is 23.0 Å². The predicted molar refractivity (Wildman–Crippen MR) is 114 cm³/mol. The van der Waals surface area contributed by atoms with E-state index in [0.717, 1.165) is 48.6 Å². The summed E-state index contributed by atoms with van der Waals surface area (Å²) in [6, 6.07) is 17.9. The van der Waals surface area contributed by atoms with Crippen molar-refractivity contribution in [2.45, 2.75) is 26.7 Å². The molecule has 0 aliphatic carbocycles. The van der Waals surface area contributed by atoms with Crippen molar-refractivity contribution < 1.29 is 4.79 Å². The number of benzene rings is 2. The van der Waals surface area contributed by atoms with Crippen LogP contribution < -0.4 is 15.1 Å². The molecule has 0 atom stereocenters. The molecule has 5 heteroatoms. The van der Waals surface area contributed by atoms with E-state index in [-0.39, 0.29) is 11.5 Å². The number of aryl methyl sites for hydroxylation is 1. The first-order chi connectivity index (χ1) is 13.7. The number of carbonyl (C=O) groups excluding carboxylic acids is 1. The van der Waals surface area contributed by atoms with Crippen LogP contribution in [0.2, 0.25) is 0 Å².